The molecule has 0 atom stereocenters. The molecular formula is C33H40N4O3. The van der Waals surface area contributed by atoms with Gasteiger partial charge in [0.25, 0.3) is 5.91 Å². The van der Waals surface area contributed by atoms with E-state index in [2.05, 4.69) is 31.8 Å². The highest BCUT2D eigenvalue weighted by atomic mass is 16.3. The number of likely N-dealkylation sites (N-methyl/N-ethyl adjacent to an activating group) is 1. The number of carbonyl (C=O) groups excluding carboxylic acids is 1. The minimum atomic E-state index is -0.283. The molecule has 0 aliphatic carbocycles. The first-order chi connectivity index (χ1) is 19.4. The van der Waals surface area contributed by atoms with Gasteiger partial charge in [-0.1, -0.05) is 48.9 Å². The Kier molecular flexibility index (Phi) is 8.72. The summed E-state index contributed by atoms with van der Waals surface area (Å²) in [5, 5.41) is 24.4. The van der Waals surface area contributed by atoms with Crippen molar-refractivity contribution in [1.82, 2.24) is 19.7 Å². The average molecular weight is 541 g/mol. The van der Waals surface area contributed by atoms with Crippen molar-refractivity contribution in [2.45, 2.75) is 31.7 Å². The molecule has 3 N–H and O–H groups in total. The van der Waals surface area contributed by atoms with Crippen LogP contribution in [0.15, 0.2) is 72.8 Å². The van der Waals surface area contributed by atoms with Gasteiger partial charge in [-0.15, -0.1) is 0 Å². The molecule has 7 heteroatoms. The van der Waals surface area contributed by atoms with Crippen molar-refractivity contribution >= 4 is 16.8 Å². The number of nitrogens with one attached hydrogen (secondary N) is 1. The second kappa shape index (κ2) is 12.6. The SMILES string of the molecule is CN(C)CCn1c(C(=O)NCCN2CCCCC2)c(C(c2ccc(O)cc2)c2ccc(O)cc2)c2ccccc21. The van der Waals surface area contributed by atoms with Gasteiger partial charge in [-0.3, -0.25) is 4.79 Å². The molecule has 3 aromatic carbocycles. The maximum absolute atomic E-state index is 14.2. The molecule has 1 saturated heterocycles. The van der Waals surface area contributed by atoms with Crippen molar-refractivity contribution in [3.05, 3.63) is 95.2 Å². The molecule has 1 fully saturated rings. The minimum absolute atomic E-state index is 0.0791. The number of hydrogen-bond donors (Lipinski definition) is 3. The van der Waals surface area contributed by atoms with Crippen LogP contribution in [0.4, 0.5) is 0 Å². The quantitative estimate of drug-likeness (QED) is 0.264. The number of amides is 1. The Morgan fingerprint density at radius 2 is 1.45 bits per heavy atom. The summed E-state index contributed by atoms with van der Waals surface area (Å²) in [4.78, 5) is 18.7. The molecular weight excluding hydrogens is 500 g/mol. The monoisotopic (exact) mass is 540 g/mol. The van der Waals surface area contributed by atoms with Crippen LogP contribution in [0.1, 0.15) is 52.4 Å². The third-order valence-corrected chi connectivity index (χ3v) is 7.90. The van der Waals surface area contributed by atoms with E-state index in [1.807, 2.05) is 50.5 Å². The Morgan fingerprint density at radius 1 is 0.850 bits per heavy atom. The number of phenols is 2. The number of hydrogen-bond acceptors (Lipinski definition) is 5. The van der Waals surface area contributed by atoms with Gasteiger partial charge in [-0.25, -0.2) is 0 Å². The number of likely N-dealkylation sites (tertiary alicyclic amines) is 1. The lowest BCUT2D eigenvalue weighted by atomic mass is 9.83. The summed E-state index contributed by atoms with van der Waals surface area (Å²) in [6, 6.07) is 22.6. The molecule has 1 aliphatic heterocycles. The third kappa shape index (κ3) is 6.16. The number of carbonyl (C=O) groups is 1. The van der Waals surface area contributed by atoms with Gasteiger partial charge in [0, 0.05) is 48.6 Å². The Labute approximate surface area is 236 Å². The highest BCUT2D eigenvalue weighted by Gasteiger charge is 2.30. The zero-order chi connectivity index (χ0) is 28.1. The zero-order valence-corrected chi connectivity index (χ0v) is 23.5. The van der Waals surface area contributed by atoms with Gasteiger partial charge in [0.2, 0.25) is 0 Å². The van der Waals surface area contributed by atoms with Crippen LogP contribution < -0.4 is 5.32 Å². The number of aromatic hydroxyl groups is 2. The van der Waals surface area contributed by atoms with E-state index < -0.39 is 0 Å². The molecule has 0 saturated carbocycles. The van der Waals surface area contributed by atoms with Gasteiger partial charge >= 0.3 is 0 Å². The summed E-state index contributed by atoms with van der Waals surface area (Å²) in [5.41, 5.74) is 4.53. The fraction of sp³-hybridized carbons (Fsp3) is 0.364. The van der Waals surface area contributed by atoms with E-state index in [-0.39, 0.29) is 23.3 Å². The van der Waals surface area contributed by atoms with Gasteiger partial charge in [0.1, 0.15) is 17.2 Å². The molecule has 210 valence electrons. The van der Waals surface area contributed by atoms with Crippen molar-refractivity contribution in [3.8, 4) is 11.5 Å². The highest BCUT2D eigenvalue weighted by Crippen LogP contribution is 2.41. The van der Waals surface area contributed by atoms with E-state index in [1.165, 1.54) is 19.3 Å². The van der Waals surface area contributed by atoms with Crippen molar-refractivity contribution in [3.63, 3.8) is 0 Å². The van der Waals surface area contributed by atoms with Gasteiger partial charge in [-0.2, -0.15) is 0 Å². The van der Waals surface area contributed by atoms with Crippen LogP contribution in [0, 0.1) is 0 Å². The lowest BCUT2D eigenvalue weighted by Gasteiger charge is -2.26. The van der Waals surface area contributed by atoms with Crippen LogP contribution in [0.2, 0.25) is 0 Å². The predicted octanol–water partition coefficient (Wildman–Crippen LogP) is 5.01. The molecule has 4 aromatic rings. The lowest BCUT2D eigenvalue weighted by Crippen LogP contribution is -2.38. The summed E-state index contributed by atoms with van der Waals surface area (Å²) in [7, 11) is 4.08. The number of rotatable bonds is 10. The zero-order valence-electron chi connectivity index (χ0n) is 23.5. The molecule has 7 nitrogen and oxygen atoms in total. The van der Waals surface area contributed by atoms with E-state index in [4.69, 9.17) is 0 Å². The first kappa shape index (κ1) is 27.7. The number of aromatic nitrogens is 1. The Morgan fingerprint density at radius 3 is 2.05 bits per heavy atom. The second-order valence-corrected chi connectivity index (χ2v) is 11.0. The smallest absolute Gasteiger partial charge is 0.268 e. The summed E-state index contributed by atoms with van der Waals surface area (Å²) in [5.74, 6) is 0.0219. The van der Waals surface area contributed by atoms with Crippen LogP contribution in [0.25, 0.3) is 10.9 Å². The van der Waals surface area contributed by atoms with E-state index >= 15 is 0 Å². The summed E-state index contributed by atoms with van der Waals surface area (Å²) in [6.07, 6.45) is 3.73. The fourth-order valence-corrected chi connectivity index (χ4v) is 5.85. The predicted molar refractivity (Wildman–Crippen MR) is 160 cm³/mol. The molecule has 1 amide bonds. The van der Waals surface area contributed by atoms with Crippen LogP contribution in [0.5, 0.6) is 11.5 Å². The number of benzene rings is 3. The third-order valence-electron chi connectivity index (χ3n) is 7.90. The van der Waals surface area contributed by atoms with Crippen LogP contribution >= 0.6 is 0 Å². The van der Waals surface area contributed by atoms with Crippen molar-refractivity contribution in [2.75, 3.05) is 46.8 Å². The first-order valence-corrected chi connectivity index (χ1v) is 14.3. The molecule has 1 aliphatic rings. The van der Waals surface area contributed by atoms with E-state index in [9.17, 15) is 15.0 Å². The summed E-state index contributed by atoms with van der Waals surface area (Å²) in [6.45, 7) is 5.08. The van der Waals surface area contributed by atoms with Crippen molar-refractivity contribution < 1.29 is 15.0 Å². The fourth-order valence-electron chi connectivity index (χ4n) is 5.85. The van der Waals surface area contributed by atoms with Crippen LogP contribution in [0.3, 0.4) is 0 Å². The lowest BCUT2D eigenvalue weighted by molar-refractivity contribution is 0.0936. The van der Waals surface area contributed by atoms with Crippen LogP contribution in [-0.2, 0) is 6.54 Å². The van der Waals surface area contributed by atoms with Gasteiger partial charge < -0.3 is 29.9 Å². The maximum atomic E-state index is 14.2. The molecule has 0 bridgehead atoms. The molecule has 0 unspecified atom stereocenters. The topological polar surface area (TPSA) is 81.0 Å². The number of piperidine rings is 1. The summed E-state index contributed by atoms with van der Waals surface area (Å²) >= 11 is 0. The molecule has 0 radical (unpaired) electrons. The second-order valence-electron chi connectivity index (χ2n) is 11.0. The minimum Gasteiger partial charge on any atom is -0.508 e. The van der Waals surface area contributed by atoms with Gasteiger partial charge in [0.05, 0.1) is 0 Å². The molecule has 40 heavy (non-hydrogen) atoms. The number of fused-ring (bicyclic) bond motifs is 1. The van der Waals surface area contributed by atoms with E-state index in [0.29, 0.717) is 18.8 Å². The largest absolute Gasteiger partial charge is 0.508 e. The van der Waals surface area contributed by atoms with Crippen molar-refractivity contribution in [1.29, 1.82) is 0 Å². The maximum Gasteiger partial charge on any atom is 0.268 e. The average Bonchev–Trinajstić information content (AvgIpc) is 3.28. The Bertz CT molecular complexity index is 1380. The number of phenolic OH excluding ortho intramolecular Hbond substituents is 2. The highest BCUT2D eigenvalue weighted by molar-refractivity contribution is 6.03. The van der Waals surface area contributed by atoms with E-state index in [1.54, 1.807) is 24.3 Å². The summed E-state index contributed by atoms with van der Waals surface area (Å²) < 4.78 is 2.16. The number of nitrogens with zero attached hydrogens (tertiary/aromatic N) is 3. The van der Waals surface area contributed by atoms with Crippen molar-refractivity contribution in [2.24, 2.45) is 0 Å². The molecule has 2 heterocycles. The molecule has 0 spiro atoms. The Balaban J connectivity index is 1.64. The molecule has 5 rings (SSSR count). The number of para-hydroxylation sites is 1. The Hall–Kier alpha value is -3.81. The normalized spacial score (nSPS) is 14.3. The standard InChI is InChI=1S/C33H40N4O3/c1-35(2)22-23-37-29-9-5-4-8-28(29)31(32(37)33(40)34-18-21-36-19-6-3-7-20-36)30(24-10-14-26(38)15-11-24)25-12-16-27(39)17-13-25/h4-5,8-17,30,38-39H,3,6-7,18-23H2,1-2H3,(H,34,40). The first-order valence-electron chi connectivity index (χ1n) is 14.3. The van der Waals surface area contributed by atoms with Gasteiger partial charge in [0.15, 0.2) is 0 Å². The van der Waals surface area contributed by atoms with E-state index in [0.717, 1.165) is 53.8 Å². The molecule has 1 aromatic heterocycles. The van der Waals surface area contributed by atoms with Gasteiger partial charge in [-0.05, 0) is 81.5 Å². The van der Waals surface area contributed by atoms with Crippen LogP contribution in [-0.4, -0.2) is 77.3 Å².